The van der Waals surface area contributed by atoms with Crippen LogP contribution in [-0.2, 0) is 0 Å². The Bertz CT molecular complexity index is 404. The van der Waals surface area contributed by atoms with Crippen LogP contribution in [0.2, 0.25) is 0 Å². The van der Waals surface area contributed by atoms with Gasteiger partial charge in [-0.1, -0.05) is 39.0 Å². The SMILES string of the molecule is CCCNCC(C)C(C)CC1CCOc2ccccc21. The van der Waals surface area contributed by atoms with Crippen molar-refractivity contribution in [1.29, 1.82) is 0 Å². The summed E-state index contributed by atoms with van der Waals surface area (Å²) in [5.41, 5.74) is 1.42. The van der Waals surface area contributed by atoms with Gasteiger partial charge < -0.3 is 10.1 Å². The molecule has 112 valence electrons. The van der Waals surface area contributed by atoms with Crippen LogP contribution in [0.3, 0.4) is 0 Å². The van der Waals surface area contributed by atoms with E-state index in [1.807, 2.05) is 0 Å². The van der Waals surface area contributed by atoms with Crippen LogP contribution in [0.4, 0.5) is 0 Å². The molecule has 0 bridgehead atoms. The number of para-hydroxylation sites is 1. The molecular formula is C18H29NO. The highest BCUT2D eigenvalue weighted by Crippen LogP contribution is 2.38. The molecule has 0 saturated heterocycles. The van der Waals surface area contributed by atoms with Gasteiger partial charge in [-0.3, -0.25) is 0 Å². The molecule has 0 saturated carbocycles. The van der Waals surface area contributed by atoms with Crippen molar-refractivity contribution in [3.63, 3.8) is 0 Å². The lowest BCUT2D eigenvalue weighted by atomic mass is 9.81. The van der Waals surface area contributed by atoms with Crippen molar-refractivity contribution in [2.45, 2.75) is 46.0 Å². The van der Waals surface area contributed by atoms with Gasteiger partial charge in [0.1, 0.15) is 5.75 Å². The van der Waals surface area contributed by atoms with E-state index in [0.717, 1.165) is 43.7 Å². The minimum atomic E-state index is 0.670. The van der Waals surface area contributed by atoms with Gasteiger partial charge in [-0.2, -0.15) is 0 Å². The fourth-order valence-electron chi connectivity index (χ4n) is 3.05. The van der Waals surface area contributed by atoms with Crippen LogP contribution in [-0.4, -0.2) is 19.7 Å². The molecule has 20 heavy (non-hydrogen) atoms. The number of nitrogens with one attached hydrogen (secondary N) is 1. The summed E-state index contributed by atoms with van der Waals surface area (Å²) in [4.78, 5) is 0. The minimum absolute atomic E-state index is 0.670. The highest BCUT2D eigenvalue weighted by atomic mass is 16.5. The first-order valence-electron chi connectivity index (χ1n) is 8.14. The van der Waals surface area contributed by atoms with Crippen LogP contribution >= 0.6 is 0 Å². The van der Waals surface area contributed by atoms with Crippen molar-refractivity contribution in [3.8, 4) is 5.75 Å². The van der Waals surface area contributed by atoms with Crippen molar-refractivity contribution in [1.82, 2.24) is 5.32 Å². The first-order valence-corrected chi connectivity index (χ1v) is 8.14. The number of fused-ring (bicyclic) bond motifs is 1. The van der Waals surface area contributed by atoms with E-state index in [1.165, 1.54) is 18.4 Å². The molecule has 0 aliphatic carbocycles. The van der Waals surface area contributed by atoms with E-state index in [0.29, 0.717) is 5.92 Å². The summed E-state index contributed by atoms with van der Waals surface area (Å²) < 4.78 is 5.76. The second-order valence-corrected chi connectivity index (χ2v) is 6.27. The number of hydrogen-bond acceptors (Lipinski definition) is 2. The summed E-state index contributed by atoms with van der Waals surface area (Å²) in [7, 11) is 0. The van der Waals surface area contributed by atoms with E-state index in [1.54, 1.807) is 0 Å². The summed E-state index contributed by atoms with van der Waals surface area (Å²) >= 11 is 0. The highest BCUT2D eigenvalue weighted by molar-refractivity contribution is 5.37. The zero-order valence-corrected chi connectivity index (χ0v) is 13.2. The Morgan fingerprint density at radius 1 is 1.25 bits per heavy atom. The van der Waals surface area contributed by atoms with Crippen LogP contribution in [0, 0.1) is 11.8 Å². The average Bonchev–Trinajstić information content (AvgIpc) is 2.47. The molecule has 1 aromatic carbocycles. The quantitative estimate of drug-likeness (QED) is 0.752. The third-order valence-electron chi connectivity index (χ3n) is 4.60. The van der Waals surface area contributed by atoms with E-state index in [2.05, 4.69) is 50.4 Å². The van der Waals surface area contributed by atoms with Gasteiger partial charge in [0.05, 0.1) is 6.61 Å². The van der Waals surface area contributed by atoms with Crippen molar-refractivity contribution in [2.75, 3.05) is 19.7 Å². The highest BCUT2D eigenvalue weighted by Gasteiger charge is 2.24. The molecule has 1 aromatic rings. The molecule has 1 heterocycles. The lowest BCUT2D eigenvalue weighted by Gasteiger charge is -2.30. The van der Waals surface area contributed by atoms with Gasteiger partial charge in [0.15, 0.2) is 0 Å². The van der Waals surface area contributed by atoms with Crippen molar-refractivity contribution >= 4 is 0 Å². The predicted molar refractivity (Wildman–Crippen MR) is 85.4 cm³/mol. The van der Waals surface area contributed by atoms with Crippen LogP contribution in [0.5, 0.6) is 5.75 Å². The summed E-state index contributed by atoms with van der Waals surface area (Å²) in [5.74, 6) is 3.25. The average molecular weight is 275 g/mol. The lowest BCUT2D eigenvalue weighted by molar-refractivity contribution is 0.239. The molecule has 1 N–H and O–H groups in total. The molecule has 2 nitrogen and oxygen atoms in total. The molecule has 0 amide bonds. The Morgan fingerprint density at radius 2 is 2.05 bits per heavy atom. The minimum Gasteiger partial charge on any atom is -0.493 e. The van der Waals surface area contributed by atoms with Crippen LogP contribution < -0.4 is 10.1 Å². The standard InChI is InChI=1S/C18H29NO/c1-4-10-19-13-15(3)14(2)12-16-9-11-20-18-8-6-5-7-17(16)18/h5-8,14-16,19H,4,9-13H2,1-3H3. The maximum absolute atomic E-state index is 5.76. The predicted octanol–water partition coefficient (Wildman–Crippen LogP) is 4.21. The fraction of sp³-hybridized carbons (Fsp3) is 0.667. The smallest absolute Gasteiger partial charge is 0.122 e. The van der Waals surface area contributed by atoms with Crippen molar-refractivity contribution in [2.24, 2.45) is 11.8 Å². The van der Waals surface area contributed by atoms with E-state index in [-0.39, 0.29) is 0 Å². The second-order valence-electron chi connectivity index (χ2n) is 6.27. The Morgan fingerprint density at radius 3 is 2.85 bits per heavy atom. The van der Waals surface area contributed by atoms with Gasteiger partial charge in [0.25, 0.3) is 0 Å². The Balaban J connectivity index is 1.90. The third kappa shape index (κ3) is 3.99. The van der Waals surface area contributed by atoms with Crippen LogP contribution in [0.25, 0.3) is 0 Å². The second kappa shape index (κ2) is 7.68. The van der Waals surface area contributed by atoms with Crippen molar-refractivity contribution < 1.29 is 4.74 Å². The molecule has 0 fully saturated rings. The summed E-state index contributed by atoms with van der Waals surface area (Å²) in [6.07, 6.45) is 3.65. The summed E-state index contributed by atoms with van der Waals surface area (Å²) in [6, 6.07) is 8.56. The number of rotatable bonds is 7. The Labute approximate surface area is 123 Å². The van der Waals surface area contributed by atoms with Gasteiger partial charge in [0.2, 0.25) is 0 Å². The summed E-state index contributed by atoms with van der Waals surface area (Å²) in [6.45, 7) is 10.1. The molecule has 3 unspecified atom stereocenters. The van der Waals surface area contributed by atoms with Gasteiger partial charge in [0, 0.05) is 0 Å². The maximum atomic E-state index is 5.76. The molecule has 2 heteroatoms. The van der Waals surface area contributed by atoms with Gasteiger partial charge >= 0.3 is 0 Å². The molecule has 0 radical (unpaired) electrons. The van der Waals surface area contributed by atoms with E-state index >= 15 is 0 Å². The van der Waals surface area contributed by atoms with E-state index < -0.39 is 0 Å². The Kier molecular flexibility index (Phi) is 5.90. The lowest BCUT2D eigenvalue weighted by Crippen LogP contribution is -2.27. The first-order chi connectivity index (χ1) is 9.72. The van der Waals surface area contributed by atoms with Gasteiger partial charge in [-0.05, 0) is 61.7 Å². The normalized spacial score (nSPS) is 20.9. The molecule has 1 aliphatic rings. The molecule has 0 spiro atoms. The van der Waals surface area contributed by atoms with Crippen LogP contribution in [0.15, 0.2) is 24.3 Å². The number of ether oxygens (including phenoxy) is 1. The zero-order valence-electron chi connectivity index (χ0n) is 13.2. The summed E-state index contributed by atoms with van der Waals surface area (Å²) in [5, 5.41) is 3.55. The third-order valence-corrected chi connectivity index (χ3v) is 4.60. The van der Waals surface area contributed by atoms with Crippen molar-refractivity contribution in [3.05, 3.63) is 29.8 Å². The van der Waals surface area contributed by atoms with E-state index in [9.17, 15) is 0 Å². The van der Waals surface area contributed by atoms with Gasteiger partial charge in [-0.15, -0.1) is 0 Å². The van der Waals surface area contributed by atoms with Crippen LogP contribution in [0.1, 0.15) is 51.5 Å². The maximum Gasteiger partial charge on any atom is 0.122 e. The van der Waals surface area contributed by atoms with Gasteiger partial charge in [-0.25, -0.2) is 0 Å². The number of benzene rings is 1. The largest absolute Gasteiger partial charge is 0.493 e. The first kappa shape index (κ1) is 15.4. The topological polar surface area (TPSA) is 21.3 Å². The molecule has 1 aliphatic heterocycles. The molecule has 0 aromatic heterocycles. The molecular weight excluding hydrogens is 246 g/mol. The molecule has 3 atom stereocenters. The number of hydrogen-bond donors (Lipinski definition) is 1. The van der Waals surface area contributed by atoms with E-state index in [4.69, 9.17) is 4.74 Å². The Hall–Kier alpha value is -1.02. The fourth-order valence-corrected chi connectivity index (χ4v) is 3.05. The monoisotopic (exact) mass is 275 g/mol. The zero-order chi connectivity index (χ0) is 14.4. The molecule has 2 rings (SSSR count).